The fourth-order valence-electron chi connectivity index (χ4n) is 2.91. The molecule has 172 valence electrons. The molecule has 1 aliphatic rings. The van der Waals surface area contributed by atoms with E-state index in [0.717, 1.165) is 11.4 Å². The smallest absolute Gasteiger partial charge is 0.349 e. The topological polar surface area (TPSA) is 181 Å². The molecule has 0 aromatic carbocycles. The van der Waals surface area contributed by atoms with Gasteiger partial charge in [0.2, 0.25) is 0 Å². The number of hydrogen-bond donors (Lipinski definition) is 2. The van der Waals surface area contributed by atoms with Crippen LogP contribution in [0.2, 0.25) is 0 Å². The lowest BCUT2D eigenvalue weighted by Gasteiger charge is -2.31. The number of nitriles is 2. The Hall–Kier alpha value is -2.30. The van der Waals surface area contributed by atoms with Gasteiger partial charge in [0, 0.05) is 43.1 Å². The fraction of sp³-hybridized carbons (Fsp3) is 0.529. The van der Waals surface area contributed by atoms with Crippen molar-refractivity contribution in [2.24, 2.45) is 0 Å². The lowest BCUT2D eigenvalue weighted by atomic mass is 10.0. The molecule has 0 aliphatic carbocycles. The molecular weight excluding hydrogens is 452 g/mol. The Bertz CT molecular complexity index is 957. The van der Waals surface area contributed by atoms with Gasteiger partial charge in [0.25, 0.3) is 0 Å². The summed E-state index contributed by atoms with van der Waals surface area (Å²) in [5, 5.41) is 18.1. The summed E-state index contributed by atoms with van der Waals surface area (Å²) in [5.41, 5.74) is 2.20. The molecule has 0 atom stereocenters. The van der Waals surface area contributed by atoms with Crippen molar-refractivity contribution in [3.63, 3.8) is 0 Å². The van der Waals surface area contributed by atoms with Crippen molar-refractivity contribution >= 4 is 20.8 Å². The summed E-state index contributed by atoms with van der Waals surface area (Å²) in [5.74, 6) is 0. The van der Waals surface area contributed by atoms with Crippen molar-refractivity contribution in [1.29, 1.82) is 10.5 Å². The third-order valence-corrected chi connectivity index (χ3v) is 5.16. The highest BCUT2D eigenvalue weighted by Gasteiger charge is 2.17. The van der Waals surface area contributed by atoms with Crippen molar-refractivity contribution in [3.8, 4) is 12.1 Å². The van der Waals surface area contributed by atoms with Gasteiger partial charge in [-0.3, -0.25) is 14.0 Å². The zero-order valence-corrected chi connectivity index (χ0v) is 18.7. The molecule has 0 aromatic rings. The van der Waals surface area contributed by atoms with Crippen LogP contribution in [-0.2, 0) is 29.2 Å². The third kappa shape index (κ3) is 10.5. The molecule has 0 aromatic heterocycles. The average Bonchev–Trinajstić information content (AvgIpc) is 2.62. The summed E-state index contributed by atoms with van der Waals surface area (Å²) in [7, 11) is -9.20. The SMILES string of the molecule is CC1=CC(=C(C#N)C#N)C=C(C)N1CCCN(CCOS(=O)(=O)O)CCOS(=O)(=O)O. The van der Waals surface area contributed by atoms with Crippen LogP contribution in [0.5, 0.6) is 0 Å². The minimum atomic E-state index is -4.60. The van der Waals surface area contributed by atoms with Crippen molar-refractivity contribution in [3.05, 3.63) is 34.7 Å². The Morgan fingerprint density at radius 2 is 1.42 bits per heavy atom. The van der Waals surface area contributed by atoms with E-state index in [4.69, 9.17) is 19.6 Å². The highest BCUT2D eigenvalue weighted by atomic mass is 32.3. The van der Waals surface area contributed by atoms with E-state index in [1.807, 2.05) is 30.9 Å². The Morgan fingerprint density at radius 1 is 0.968 bits per heavy atom. The van der Waals surface area contributed by atoms with Crippen LogP contribution in [0.1, 0.15) is 20.3 Å². The standard InChI is InChI=1S/C17H24N4O8S2/c1-14-10-16(17(12-18)13-19)11-15(2)21(14)5-3-4-20(6-8-28-30(22,23)24)7-9-29-31(25,26)27/h10-11H,3-9H2,1-2H3,(H,22,23,24)(H,25,26,27). The summed E-state index contributed by atoms with van der Waals surface area (Å²) in [4.78, 5) is 3.62. The highest BCUT2D eigenvalue weighted by molar-refractivity contribution is 7.81. The van der Waals surface area contributed by atoms with Crippen molar-refractivity contribution < 1.29 is 34.3 Å². The Labute approximate surface area is 182 Å². The predicted octanol–water partition coefficient (Wildman–Crippen LogP) is 0.784. The summed E-state index contributed by atoms with van der Waals surface area (Å²) in [6.07, 6.45) is 4.02. The second-order valence-electron chi connectivity index (χ2n) is 6.47. The molecule has 1 rings (SSSR count). The third-order valence-electron chi connectivity index (χ3n) is 4.23. The summed E-state index contributed by atoms with van der Waals surface area (Å²) >= 11 is 0. The van der Waals surface area contributed by atoms with E-state index in [-0.39, 0.29) is 31.9 Å². The number of allylic oxidation sites excluding steroid dienone is 6. The van der Waals surface area contributed by atoms with Crippen molar-refractivity contribution in [1.82, 2.24) is 9.80 Å². The molecule has 12 nitrogen and oxygen atoms in total. The summed E-state index contributed by atoms with van der Waals surface area (Å²) < 4.78 is 68.6. The van der Waals surface area contributed by atoms with Crippen LogP contribution in [0, 0.1) is 22.7 Å². The van der Waals surface area contributed by atoms with Gasteiger partial charge >= 0.3 is 20.8 Å². The van der Waals surface area contributed by atoms with Crippen LogP contribution in [0.25, 0.3) is 0 Å². The predicted molar refractivity (Wildman–Crippen MR) is 109 cm³/mol. The molecule has 1 aliphatic heterocycles. The van der Waals surface area contributed by atoms with Gasteiger partial charge in [0.1, 0.15) is 17.7 Å². The lowest BCUT2D eigenvalue weighted by Crippen LogP contribution is -2.35. The maximum atomic E-state index is 10.7. The largest absolute Gasteiger partial charge is 0.397 e. The first-order valence-electron chi connectivity index (χ1n) is 9.01. The van der Waals surface area contributed by atoms with E-state index >= 15 is 0 Å². The van der Waals surface area contributed by atoms with E-state index in [0.29, 0.717) is 25.1 Å². The van der Waals surface area contributed by atoms with Crippen LogP contribution in [-0.4, -0.2) is 75.1 Å². The van der Waals surface area contributed by atoms with E-state index in [1.165, 1.54) is 0 Å². The van der Waals surface area contributed by atoms with Crippen molar-refractivity contribution in [2.45, 2.75) is 20.3 Å². The van der Waals surface area contributed by atoms with Gasteiger partial charge < -0.3 is 4.90 Å². The molecule has 0 fully saturated rings. The first-order valence-corrected chi connectivity index (χ1v) is 11.7. The van der Waals surface area contributed by atoms with Gasteiger partial charge in [0.15, 0.2) is 0 Å². The average molecular weight is 477 g/mol. The Kier molecular flexibility index (Phi) is 10.3. The minimum Gasteiger partial charge on any atom is -0.349 e. The monoisotopic (exact) mass is 476 g/mol. The van der Waals surface area contributed by atoms with E-state index in [1.54, 1.807) is 17.1 Å². The molecule has 0 unspecified atom stereocenters. The van der Waals surface area contributed by atoms with Gasteiger partial charge in [-0.05, 0) is 32.4 Å². The molecular formula is C17H24N4O8S2. The molecule has 0 bridgehead atoms. The van der Waals surface area contributed by atoms with Crippen LogP contribution < -0.4 is 0 Å². The molecule has 0 saturated carbocycles. The quantitative estimate of drug-likeness (QED) is 0.299. The normalized spacial score (nSPS) is 14.7. The molecule has 31 heavy (non-hydrogen) atoms. The molecule has 2 N–H and O–H groups in total. The van der Waals surface area contributed by atoms with Crippen LogP contribution >= 0.6 is 0 Å². The Balaban J connectivity index is 2.72. The number of nitrogens with zero attached hydrogens (tertiary/aromatic N) is 4. The molecule has 0 radical (unpaired) electrons. The lowest BCUT2D eigenvalue weighted by molar-refractivity contribution is 0.163. The van der Waals surface area contributed by atoms with Gasteiger partial charge in [-0.2, -0.15) is 27.4 Å². The molecule has 0 amide bonds. The highest BCUT2D eigenvalue weighted by Crippen LogP contribution is 2.24. The van der Waals surface area contributed by atoms with E-state index in [9.17, 15) is 16.8 Å². The second-order valence-corrected chi connectivity index (χ2v) is 8.65. The zero-order valence-electron chi connectivity index (χ0n) is 17.1. The van der Waals surface area contributed by atoms with Gasteiger partial charge in [0.05, 0.1) is 13.2 Å². The zero-order chi connectivity index (χ0) is 23.7. The van der Waals surface area contributed by atoms with Crippen molar-refractivity contribution in [2.75, 3.05) is 39.4 Å². The van der Waals surface area contributed by atoms with Crippen LogP contribution in [0.15, 0.2) is 34.7 Å². The van der Waals surface area contributed by atoms with Crippen LogP contribution in [0.3, 0.4) is 0 Å². The molecule has 1 heterocycles. The van der Waals surface area contributed by atoms with Gasteiger partial charge in [-0.25, -0.2) is 8.37 Å². The van der Waals surface area contributed by atoms with Gasteiger partial charge in [-0.1, -0.05) is 0 Å². The fourth-order valence-corrected chi connectivity index (χ4v) is 3.48. The summed E-state index contributed by atoms with van der Waals surface area (Å²) in [6.45, 7) is 4.00. The molecule has 14 heteroatoms. The van der Waals surface area contributed by atoms with Gasteiger partial charge in [-0.15, -0.1) is 0 Å². The maximum absolute atomic E-state index is 10.7. The first kappa shape index (κ1) is 26.7. The number of hydrogen-bond acceptors (Lipinski definition) is 10. The van der Waals surface area contributed by atoms with Crippen LogP contribution in [0.4, 0.5) is 0 Å². The second kappa shape index (κ2) is 11.9. The molecule has 0 spiro atoms. The Morgan fingerprint density at radius 3 is 1.81 bits per heavy atom. The van der Waals surface area contributed by atoms with E-state index in [2.05, 4.69) is 8.37 Å². The van der Waals surface area contributed by atoms with E-state index < -0.39 is 20.8 Å². The minimum absolute atomic E-state index is 0.0159. The molecule has 0 saturated heterocycles. The first-order chi connectivity index (χ1) is 14.4. The number of rotatable bonds is 12. The maximum Gasteiger partial charge on any atom is 0.397 e. The summed E-state index contributed by atoms with van der Waals surface area (Å²) in [6, 6.07) is 3.71.